The molecule has 134 valence electrons. The molecule has 0 bridgehead atoms. The first-order valence-electron chi connectivity index (χ1n) is 7.92. The van der Waals surface area contributed by atoms with Gasteiger partial charge in [0.25, 0.3) is 0 Å². The molecule has 2 rings (SSSR count). The van der Waals surface area contributed by atoms with Crippen molar-refractivity contribution >= 4 is 28.0 Å². The normalized spacial score (nSPS) is 10.8. The Bertz CT molecular complexity index is 841. The quantitative estimate of drug-likeness (QED) is 0.378. The molecule has 0 aromatic heterocycles. The molecule has 0 unspecified atom stereocenters. The standard InChI is InChI=1S/C20H18BrNO4/c1-3-25-20(23)16(12-22)9-15-10-17(21)19(18(11-15)24-2)26-13-14-7-5-4-6-8-14/h4-11H,3,13H2,1-2H3/b16-9+. The molecule has 0 spiro atoms. The van der Waals surface area contributed by atoms with Crippen LogP contribution in [0.15, 0.2) is 52.5 Å². The summed E-state index contributed by atoms with van der Waals surface area (Å²) < 4.78 is 16.8. The lowest BCUT2D eigenvalue weighted by molar-refractivity contribution is -0.137. The average molecular weight is 416 g/mol. The van der Waals surface area contributed by atoms with Crippen LogP contribution in [-0.2, 0) is 16.1 Å². The van der Waals surface area contributed by atoms with E-state index < -0.39 is 5.97 Å². The van der Waals surface area contributed by atoms with Crippen LogP contribution in [0.4, 0.5) is 0 Å². The van der Waals surface area contributed by atoms with E-state index in [0.29, 0.717) is 28.1 Å². The van der Waals surface area contributed by atoms with Crippen LogP contribution in [0.2, 0.25) is 0 Å². The summed E-state index contributed by atoms with van der Waals surface area (Å²) in [7, 11) is 1.53. The first-order chi connectivity index (χ1) is 12.6. The fourth-order valence-corrected chi connectivity index (χ4v) is 2.78. The third kappa shape index (κ3) is 5.11. The van der Waals surface area contributed by atoms with Crippen molar-refractivity contribution in [1.29, 1.82) is 5.26 Å². The van der Waals surface area contributed by atoms with Gasteiger partial charge in [-0.05, 0) is 52.2 Å². The molecule has 0 heterocycles. The van der Waals surface area contributed by atoms with E-state index in [1.807, 2.05) is 36.4 Å². The van der Waals surface area contributed by atoms with E-state index in [0.717, 1.165) is 5.56 Å². The maximum atomic E-state index is 11.8. The monoisotopic (exact) mass is 415 g/mol. The Balaban J connectivity index is 2.28. The molecule has 5 nitrogen and oxygen atoms in total. The molecular formula is C20H18BrNO4. The van der Waals surface area contributed by atoms with Gasteiger partial charge in [-0.3, -0.25) is 0 Å². The molecule has 0 aliphatic carbocycles. The molecule has 2 aromatic carbocycles. The molecule has 0 saturated carbocycles. The summed E-state index contributed by atoms with van der Waals surface area (Å²) in [5.74, 6) is 0.375. The summed E-state index contributed by atoms with van der Waals surface area (Å²) in [6.07, 6.45) is 1.45. The van der Waals surface area contributed by atoms with Gasteiger partial charge in [0.1, 0.15) is 18.2 Å². The number of nitrogens with zero attached hydrogens (tertiary/aromatic N) is 1. The highest BCUT2D eigenvalue weighted by Crippen LogP contribution is 2.37. The smallest absolute Gasteiger partial charge is 0.348 e. The van der Waals surface area contributed by atoms with Crippen LogP contribution in [0.3, 0.4) is 0 Å². The van der Waals surface area contributed by atoms with E-state index in [4.69, 9.17) is 19.5 Å². The van der Waals surface area contributed by atoms with Crippen LogP contribution in [0.5, 0.6) is 11.5 Å². The van der Waals surface area contributed by atoms with Crippen molar-refractivity contribution in [2.45, 2.75) is 13.5 Å². The second-order valence-corrected chi connectivity index (χ2v) is 6.05. The lowest BCUT2D eigenvalue weighted by atomic mass is 10.1. The van der Waals surface area contributed by atoms with Crippen molar-refractivity contribution in [1.82, 2.24) is 0 Å². The second-order valence-electron chi connectivity index (χ2n) is 5.20. The average Bonchev–Trinajstić information content (AvgIpc) is 2.65. The van der Waals surface area contributed by atoms with Crippen LogP contribution < -0.4 is 9.47 Å². The van der Waals surface area contributed by atoms with Gasteiger partial charge in [0.2, 0.25) is 0 Å². The summed E-state index contributed by atoms with van der Waals surface area (Å²) in [6, 6.07) is 15.1. The highest BCUT2D eigenvalue weighted by molar-refractivity contribution is 9.10. The lowest BCUT2D eigenvalue weighted by Crippen LogP contribution is -2.06. The maximum absolute atomic E-state index is 11.8. The number of carbonyl (C=O) groups is 1. The summed E-state index contributed by atoms with van der Waals surface area (Å²) >= 11 is 3.46. The highest BCUT2D eigenvalue weighted by Gasteiger charge is 2.14. The van der Waals surface area contributed by atoms with Crippen molar-refractivity contribution in [3.05, 3.63) is 63.6 Å². The van der Waals surface area contributed by atoms with E-state index in [1.54, 1.807) is 19.1 Å². The van der Waals surface area contributed by atoms with Gasteiger partial charge in [-0.1, -0.05) is 30.3 Å². The number of halogens is 1. The van der Waals surface area contributed by atoms with Gasteiger partial charge in [0, 0.05) is 0 Å². The SMILES string of the molecule is CCOC(=O)/C(C#N)=C/c1cc(Br)c(OCc2ccccc2)c(OC)c1. The molecule has 0 atom stereocenters. The van der Waals surface area contributed by atoms with E-state index in [9.17, 15) is 4.79 Å². The van der Waals surface area contributed by atoms with Crippen LogP contribution >= 0.6 is 15.9 Å². The van der Waals surface area contributed by atoms with Crippen molar-refractivity contribution in [2.75, 3.05) is 13.7 Å². The molecular weight excluding hydrogens is 398 g/mol. The number of ether oxygens (including phenoxy) is 3. The van der Waals surface area contributed by atoms with Crippen molar-refractivity contribution < 1.29 is 19.0 Å². The Morgan fingerprint density at radius 3 is 2.62 bits per heavy atom. The van der Waals surface area contributed by atoms with E-state index in [1.165, 1.54) is 13.2 Å². The van der Waals surface area contributed by atoms with E-state index in [-0.39, 0.29) is 12.2 Å². The summed E-state index contributed by atoms with van der Waals surface area (Å²) in [6.45, 7) is 2.28. The fourth-order valence-electron chi connectivity index (χ4n) is 2.21. The zero-order chi connectivity index (χ0) is 18.9. The third-order valence-electron chi connectivity index (χ3n) is 3.40. The van der Waals surface area contributed by atoms with Crippen LogP contribution in [0.25, 0.3) is 6.08 Å². The van der Waals surface area contributed by atoms with Gasteiger partial charge in [-0.25, -0.2) is 4.79 Å². The van der Waals surface area contributed by atoms with E-state index in [2.05, 4.69) is 15.9 Å². The first kappa shape index (κ1) is 19.5. The van der Waals surface area contributed by atoms with Crippen LogP contribution in [-0.4, -0.2) is 19.7 Å². The Kier molecular flexibility index (Phi) is 7.24. The van der Waals surface area contributed by atoms with Gasteiger partial charge in [0.05, 0.1) is 18.2 Å². The molecule has 0 amide bonds. The zero-order valence-electron chi connectivity index (χ0n) is 14.5. The minimum atomic E-state index is -0.658. The lowest BCUT2D eigenvalue weighted by Gasteiger charge is -2.14. The molecule has 0 fully saturated rings. The van der Waals surface area contributed by atoms with E-state index >= 15 is 0 Å². The van der Waals surface area contributed by atoms with Gasteiger partial charge >= 0.3 is 5.97 Å². The third-order valence-corrected chi connectivity index (χ3v) is 3.99. The predicted molar refractivity (Wildman–Crippen MR) is 102 cm³/mol. The molecule has 2 aromatic rings. The number of hydrogen-bond donors (Lipinski definition) is 0. The molecule has 0 radical (unpaired) electrons. The van der Waals surface area contributed by atoms with Gasteiger partial charge in [-0.2, -0.15) is 5.26 Å². The second kappa shape index (κ2) is 9.64. The maximum Gasteiger partial charge on any atom is 0.348 e. The van der Waals surface area contributed by atoms with Crippen molar-refractivity contribution in [2.24, 2.45) is 0 Å². The number of hydrogen-bond acceptors (Lipinski definition) is 5. The summed E-state index contributed by atoms with van der Waals surface area (Å²) in [5.41, 5.74) is 1.56. The van der Waals surface area contributed by atoms with Crippen molar-refractivity contribution in [3.8, 4) is 17.6 Å². The summed E-state index contributed by atoms with van der Waals surface area (Å²) in [4.78, 5) is 11.8. The van der Waals surface area contributed by atoms with Gasteiger partial charge in [0.15, 0.2) is 11.5 Å². The van der Waals surface area contributed by atoms with Crippen LogP contribution in [0.1, 0.15) is 18.1 Å². The van der Waals surface area contributed by atoms with Gasteiger partial charge in [-0.15, -0.1) is 0 Å². The molecule has 26 heavy (non-hydrogen) atoms. The molecule has 0 N–H and O–H groups in total. The number of rotatable bonds is 7. The Morgan fingerprint density at radius 1 is 1.27 bits per heavy atom. The number of nitriles is 1. The molecule has 6 heteroatoms. The summed E-state index contributed by atoms with van der Waals surface area (Å²) in [5, 5.41) is 9.16. The van der Waals surface area contributed by atoms with Gasteiger partial charge < -0.3 is 14.2 Å². The number of methoxy groups -OCH3 is 1. The highest BCUT2D eigenvalue weighted by atomic mass is 79.9. The van der Waals surface area contributed by atoms with Crippen molar-refractivity contribution in [3.63, 3.8) is 0 Å². The minimum Gasteiger partial charge on any atom is -0.493 e. The zero-order valence-corrected chi connectivity index (χ0v) is 16.1. The first-order valence-corrected chi connectivity index (χ1v) is 8.71. The van der Waals surface area contributed by atoms with Crippen LogP contribution in [0, 0.1) is 11.3 Å². The minimum absolute atomic E-state index is 0.0845. The number of carbonyl (C=O) groups excluding carboxylic acids is 1. The number of benzene rings is 2. The molecule has 0 saturated heterocycles. The fraction of sp³-hybridized carbons (Fsp3) is 0.200. The largest absolute Gasteiger partial charge is 0.493 e. The number of esters is 1. The predicted octanol–water partition coefficient (Wildman–Crippen LogP) is 4.51. The Hall–Kier alpha value is -2.78. The molecule has 0 aliphatic rings. The Labute approximate surface area is 160 Å². The Morgan fingerprint density at radius 2 is 2.00 bits per heavy atom. The molecule has 0 aliphatic heterocycles. The topological polar surface area (TPSA) is 68.6 Å².